The highest BCUT2D eigenvalue weighted by Gasteiger charge is 2.43. The zero-order valence-corrected chi connectivity index (χ0v) is 20.2. The van der Waals surface area contributed by atoms with Gasteiger partial charge in [0, 0.05) is 25.0 Å². The Labute approximate surface area is 205 Å². The minimum Gasteiger partial charge on any atom is -0.464 e. The number of piperidine rings is 1. The molecule has 1 amide bonds. The molecule has 1 aliphatic rings. The molecule has 1 fully saturated rings. The third-order valence-corrected chi connectivity index (χ3v) is 8.80. The largest absolute Gasteiger partial charge is 0.464 e. The molecule has 0 radical (unpaired) electrons. The first kappa shape index (κ1) is 23.3. The summed E-state index contributed by atoms with van der Waals surface area (Å²) >= 11 is 0. The molecule has 180 valence electrons. The van der Waals surface area contributed by atoms with Crippen molar-refractivity contribution in [2.24, 2.45) is 5.41 Å². The minimum absolute atomic E-state index is 0.0259. The number of carbonyl (C=O) groups is 1. The minimum atomic E-state index is -3.68. The molecule has 3 aromatic carbocycles. The highest BCUT2D eigenvalue weighted by atomic mass is 32.2. The lowest BCUT2D eigenvalue weighted by Gasteiger charge is -2.40. The van der Waals surface area contributed by atoms with Gasteiger partial charge < -0.3 is 9.73 Å². The van der Waals surface area contributed by atoms with Gasteiger partial charge in [0.2, 0.25) is 15.9 Å². The Morgan fingerprint density at radius 2 is 1.54 bits per heavy atom. The SMILES string of the molecule is O=C(NCc1ccccc1)C1(Cc2ccccc2)CCN(S(=O)(=O)c2ccc3occc3c2)CC1. The van der Waals surface area contributed by atoms with Gasteiger partial charge in [-0.25, -0.2) is 8.42 Å². The summed E-state index contributed by atoms with van der Waals surface area (Å²) in [7, 11) is -3.68. The molecular weight excluding hydrogens is 460 g/mol. The van der Waals surface area contributed by atoms with Crippen LogP contribution in [-0.2, 0) is 27.8 Å². The van der Waals surface area contributed by atoms with Crippen LogP contribution in [0.15, 0.2) is 101 Å². The lowest BCUT2D eigenvalue weighted by Crippen LogP contribution is -2.51. The summed E-state index contributed by atoms with van der Waals surface area (Å²) in [4.78, 5) is 13.8. The average molecular weight is 489 g/mol. The van der Waals surface area contributed by atoms with Crippen LogP contribution in [0.4, 0.5) is 0 Å². The van der Waals surface area contributed by atoms with E-state index in [9.17, 15) is 13.2 Å². The first-order chi connectivity index (χ1) is 17.0. The summed E-state index contributed by atoms with van der Waals surface area (Å²) < 4.78 is 33.6. The smallest absolute Gasteiger partial charge is 0.243 e. The van der Waals surface area contributed by atoms with Crippen LogP contribution in [0.2, 0.25) is 0 Å². The van der Waals surface area contributed by atoms with Crippen molar-refractivity contribution in [3.05, 3.63) is 102 Å². The Kier molecular flexibility index (Phi) is 6.45. The van der Waals surface area contributed by atoms with E-state index in [0.29, 0.717) is 31.4 Å². The highest BCUT2D eigenvalue weighted by molar-refractivity contribution is 7.89. The Balaban J connectivity index is 1.35. The molecule has 2 heterocycles. The fraction of sp³-hybridized carbons (Fsp3) is 0.250. The van der Waals surface area contributed by atoms with Crippen molar-refractivity contribution in [2.75, 3.05) is 13.1 Å². The fourth-order valence-corrected chi connectivity index (χ4v) is 6.32. The zero-order valence-electron chi connectivity index (χ0n) is 19.4. The van der Waals surface area contributed by atoms with Crippen LogP contribution in [0.5, 0.6) is 0 Å². The molecule has 1 aromatic heterocycles. The van der Waals surface area contributed by atoms with E-state index in [1.165, 1.54) is 4.31 Å². The van der Waals surface area contributed by atoms with Crippen LogP contribution >= 0.6 is 0 Å². The van der Waals surface area contributed by atoms with Crippen molar-refractivity contribution in [2.45, 2.75) is 30.7 Å². The molecule has 1 aliphatic heterocycles. The number of amides is 1. The van der Waals surface area contributed by atoms with E-state index < -0.39 is 15.4 Å². The third-order valence-electron chi connectivity index (χ3n) is 6.90. The normalized spacial score (nSPS) is 16.2. The van der Waals surface area contributed by atoms with Gasteiger partial charge >= 0.3 is 0 Å². The number of sulfonamides is 1. The van der Waals surface area contributed by atoms with Crippen molar-refractivity contribution in [3.63, 3.8) is 0 Å². The number of benzene rings is 3. The van der Waals surface area contributed by atoms with Gasteiger partial charge in [0.15, 0.2) is 0 Å². The van der Waals surface area contributed by atoms with Crippen LogP contribution in [0.1, 0.15) is 24.0 Å². The molecule has 5 rings (SSSR count). The Bertz CT molecular complexity index is 1410. The van der Waals surface area contributed by atoms with Crippen molar-refractivity contribution in [1.82, 2.24) is 9.62 Å². The number of carbonyl (C=O) groups excluding carboxylic acids is 1. The summed E-state index contributed by atoms with van der Waals surface area (Å²) in [6, 6.07) is 26.4. The predicted octanol–water partition coefficient (Wildman–Crippen LogP) is 4.76. The summed E-state index contributed by atoms with van der Waals surface area (Å²) in [5, 5.41) is 3.87. The molecule has 35 heavy (non-hydrogen) atoms. The highest BCUT2D eigenvalue weighted by Crippen LogP contribution is 2.37. The average Bonchev–Trinajstić information content (AvgIpc) is 3.37. The van der Waals surface area contributed by atoms with E-state index in [-0.39, 0.29) is 23.9 Å². The van der Waals surface area contributed by atoms with E-state index >= 15 is 0 Å². The van der Waals surface area contributed by atoms with E-state index in [2.05, 4.69) is 5.32 Å². The van der Waals surface area contributed by atoms with Crippen molar-refractivity contribution < 1.29 is 17.6 Å². The van der Waals surface area contributed by atoms with E-state index in [1.807, 2.05) is 60.7 Å². The maximum absolute atomic E-state index is 13.6. The number of fused-ring (bicyclic) bond motifs is 1. The van der Waals surface area contributed by atoms with E-state index in [0.717, 1.165) is 16.5 Å². The molecule has 7 heteroatoms. The van der Waals surface area contributed by atoms with Gasteiger partial charge in [-0.1, -0.05) is 60.7 Å². The van der Waals surface area contributed by atoms with Gasteiger partial charge in [0.1, 0.15) is 5.58 Å². The number of nitrogens with one attached hydrogen (secondary N) is 1. The van der Waals surface area contributed by atoms with E-state index in [1.54, 1.807) is 30.5 Å². The predicted molar refractivity (Wildman–Crippen MR) is 135 cm³/mol. The summed E-state index contributed by atoms with van der Waals surface area (Å²) in [5.74, 6) is -0.0259. The first-order valence-electron chi connectivity index (χ1n) is 11.8. The molecule has 4 aromatic rings. The van der Waals surface area contributed by atoms with Gasteiger partial charge in [-0.2, -0.15) is 4.31 Å². The van der Waals surface area contributed by atoms with Crippen LogP contribution in [0, 0.1) is 5.41 Å². The molecule has 0 spiro atoms. The number of hydrogen-bond donors (Lipinski definition) is 1. The van der Waals surface area contributed by atoms with Crippen LogP contribution < -0.4 is 5.32 Å². The second-order valence-corrected chi connectivity index (χ2v) is 11.1. The summed E-state index contributed by atoms with van der Waals surface area (Å²) in [5.41, 5.74) is 2.09. The molecule has 0 unspecified atom stereocenters. The number of rotatable bonds is 7. The number of furan rings is 1. The van der Waals surface area contributed by atoms with E-state index in [4.69, 9.17) is 4.42 Å². The molecule has 1 N–H and O–H groups in total. The first-order valence-corrected chi connectivity index (χ1v) is 13.2. The zero-order chi connectivity index (χ0) is 24.3. The van der Waals surface area contributed by atoms with Crippen molar-refractivity contribution in [1.29, 1.82) is 0 Å². The Morgan fingerprint density at radius 1 is 0.886 bits per heavy atom. The molecule has 0 atom stereocenters. The van der Waals surface area contributed by atoms with Crippen LogP contribution in [0.3, 0.4) is 0 Å². The monoisotopic (exact) mass is 488 g/mol. The molecule has 6 nitrogen and oxygen atoms in total. The summed E-state index contributed by atoms with van der Waals surface area (Å²) in [6.45, 7) is 1.03. The maximum atomic E-state index is 13.6. The van der Waals surface area contributed by atoms with Gasteiger partial charge in [0.05, 0.1) is 16.6 Å². The van der Waals surface area contributed by atoms with Gasteiger partial charge in [-0.3, -0.25) is 4.79 Å². The topological polar surface area (TPSA) is 79.6 Å². The Hall–Kier alpha value is -3.42. The molecule has 0 bridgehead atoms. The second-order valence-electron chi connectivity index (χ2n) is 9.14. The lowest BCUT2D eigenvalue weighted by atomic mass is 9.73. The quantitative estimate of drug-likeness (QED) is 0.407. The lowest BCUT2D eigenvalue weighted by molar-refractivity contribution is -0.133. The van der Waals surface area contributed by atoms with Gasteiger partial charge in [-0.05, 0) is 54.7 Å². The van der Waals surface area contributed by atoms with Gasteiger partial charge in [-0.15, -0.1) is 0 Å². The standard InChI is InChI=1S/C28H28N2O4S/c31-27(29-21-23-9-5-2-6-10-23)28(20-22-7-3-1-4-8-22)14-16-30(17-15-28)35(32,33)25-11-12-26-24(19-25)13-18-34-26/h1-13,18-19H,14-17,20-21H2,(H,29,31). The molecule has 0 saturated carbocycles. The Morgan fingerprint density at radius 3 is 2.23 bits per heavy atom. The number of nitrogens with zero attached hydrogens (tertiary/aromatic N) is 1. The summed E-state index contributed by atoms with van der Waals surface area (Å²) in [6.07, 6.45) is 3.03. The molecule has 1 saturated heterocycles. The maximum Gasteiger partial charge on any atom is 0.243 e. The fourth-order valence-electron chi connectivity index (χ4n) is 4.85. The third kappa shape index (κ3) is 4.88. The van der Waals surface area contributed by atoms with Gasteiger partial charge in [0.25, 0.3) is 0 Å². The molecule has 0 aliphatic carbocycles. The van der Waals surface area contributed by atoms with Crippen LogP contribution in [-0.4, -0.2) is 31.7 Å². The number of hydrogen-bond acceptors (Lipinski definition) is 4. The van der Waals surface area contributed by atoms with Crippen molar-refractivity contribution >= 4 is 26.9 Å². The molecular formula is C28H28N2O4S. The second kappa shape index (κ2) is 9.68. The van der Waals surface area contributed by atoms with Crippen LogP contribution in [0.25, 0.3) is 11.0 Å². The van der Waals surface area contributed by atoms with Crippen molar-refractivity contribution in [3.8, 4) is 0 Å².